The molecule has 4 aliphatic rings. The van der Waals surface area contributed by atoms with Crippen LogP contribution in [0.25, 0.3) is 0 Å². The van der Waals surface area contributed by atoms with Gasteiger partial charge >= 0.3 is 12.2 Å². The van der Waals surface area contributed by atoms with Crippen LogP contribution in [0.4, 0.5) is 15.4 Å². The lowest BCUT2D eigenvalue weighted by Gasteiger charge is -2.40. The molecule has 0 aromatic carbocycles. The van der Waals surface area contributed by atoms with Gasteiger partial charge in [-0.2, -0.15) is 0 Å². The maximum Gasteiger partial charge on any atom is 0.410 e. The highest BCUT2D eigenvalue weighted by Gasteiger charge is 2.33. The third kappa shape index (κ3) is 15.8. The number of ether oxygens (including phenoxy) is 2. The minimum atomic E-state index is -0.427. The molecule has 6 rings (SSSR count). The Balaban J connectivity index is 0.000000244. The first-order chi connectivity index (χ1) is 25.1. The highest BCUT2D eigenvalue weighted by molar-refractivity contribution is 6.32. The Morgan fingerprint density at radius 3 is 1.30 bits per heavy atom. The molecule has 0 unspecified atom stereocenters. The summed E-state index contributed by atoms with van der Waals surface area (Å²) in [7, 11) is 0. The molecule has 15 heteroatoms. The Morgan fingerprint density at radius 1 is 0.593 bits per heavy atom. The number of nitrogens with zero attached hydrogens (tertiary/aromatic N) is 7. The van der Waals surface area contributed by atoms with Gasteiger partial charge in [0, 0.05) is 39.3 Å². The number of hydrogen-bond donors (Lipinski definition) is 1. The van der Waals surface area contributed by atoms with E-state index in [0.717, 1.165) is 114 Å². The lowest BCUT2D eigenvalue weighted by atomic mass is 9.79. The normalized spacial score (nSPS) is 19.4. The van der Waals surface area contributed by atoms with Crippen LogP contribution in [-0.2, 0) is 9.47 Å². The monoisotopic (exact) mass is 812 g/mol. The van der Waals surface area contributed by atoms with Crippen LogP contribution in [0.2, 0.25) is 15.5 Å². The Bertz CT molecular complexity index is 1410. The number of amides is 2. The fourth-order valence-corrected chi connectivity index (χ4v) is 7.96. The van der Waals surface area contributed by atoms with Gasteiger partial charge in [0.1, 0.15) is 32.5 Å². The minimum absolute atomic E-state index is 0. The fraction of sp³-hybridized carbons (Fsp3) is 0.744. The van der Waals surface area contributed by atoms with Crippen molar-refractivity contribution in [2.45, 2.75) is 112 Å². The largest absolute Gasteiger partial charge is 0.444 e. The molecule has 0 saturated carbocycles. The first-order valence-corrected chi connectivity index (χ1v) is 20.2. The van der Waals surface area contributed by atoms with Crippen LogP contribution in [-0.4, -0.2) is 105 Å². The molecule has 4 fully saturated rings. The van der Waals surface area contributed by atoms with E-state index in [9.17, 15) is 9.59 Å². The van der Waals surface area contributed by atoms with E-state index in [1.54, 1.807) is 12.4 Å². The summed E-state index contributed by atoms with van der Waals surface area (Å²) in [6.07, 6.45) is 15.2. The highest BCUT2D eigenvalue weighted by atomic mass is 35.5. The molecule has 2 aromatic rings. The average molecular weight is 814 g/mol. The lowest BCUT2D eigenvalue weighted by Crippen LogP contribution is -2.44. The molecule has 304 valence electrons. The van der Waals surface area contributed by atoms with E-state index in [2.05, 4.69) is 30.2 Å². The zero-order valence-electron chi connectivity index (χ0n) is 32.3. The molecule has 4 saturated heterocycles. The number of carbonyl (C=O) groups excluding carboxylic acids is 2. The second kappa shape index (κ2) is 21.6. The van der Waals surface area contributed by atoms with Gasteiger partial charge in [-0.1, -0.05) is 42.2 Å². The quantitative estimate of drug-likeness (QED) is 0.321. The molecule has 2 aromatic heterocycles. The van der Waals surface area contributed by atoms with Crippen LogP contribution >= 0.6 is 34.8 Å². The van der Waals surface area contributed by atoms with Crippen LogP contribution < -0.4 is 10.2 Å². The Hall–Kier alpha value is -2.67. The summed E-state index contributed by atoms with van der Waals surface area (Å²) in [4.78, 5) is 46.0. The standard InChI is InChI=1S/C19H29ClN4O2.C15H28N2O2.C4H2Cl2N2.CH4/c1-19(2,3)26-18(25)24-10-6-15(7-11-24)14-4-8-23(9-5-14)17-13-21-12-16(20)22-17;1-15(2,3)19-14(18)17-10-6-13(7-11-17)12-4-8-16-9-5-12;5-3-1-7-2-4(6)8-3;/h12-15H,4-11H2,1-3H3;12-13,16H,4-11H2,1-3H3;1-2H;1H4. The van der Waals surface area contributed by atoms with Crippen molar-refractivity contribution in [2.75, 3.05) is 57.3 Å². The Labute approximate surface area is 338 Å². The van der Waals surface area contributed by atoms with Crippen molar-refractivity contribution in [2.24, 2.45) is 23.7 Å². The van der Waals surface area contributed by atoms with Gasteiger partial charge in [-0.25, -0.2) is 19.6 Å². The summed E-state index contributed by atoms with van der Waals surface area (Å²) in [5.41, 5.74) is -0.813. The van der Waals surface area contributed by atoms with E-state index in [4.69, 9.17) is 44.3 Å². The van der Waals surface area contributed by atoms with Gasteiger partial charge in [-0.05, 0) is 130 Å². The van der Waals surface area contributed by atoms with E-state index >= 15 is 0 Å². The van der Waals surface area contributed by atoms with E-state index < -0.39 is 5.60 Å². The van der Waals surface area contributed by atoms with Crippen LogP contribution in [0.1, 0.15) is 100 Å². The van der Waals surface area contributed by atoms with Crippen LogP contribution in [0.3, 0.4) is 0 Å². The molecule has 0 bridgehead atoms. The molecule has 54 heavy (non-hydrogen) atoms. The average Bonchev–Trinajstić information content (AvgIpc) is 3.11. The number of aromatic nitrogens is 4. The second-order valence-corrected chi connectivity index (χ2v) is 17.5. The van der Waals surface area contributed by atoms with Crippen LogP contribution in [0.5, 0.6) is 0 Å². The molecule has 1 N–H and O–H groups in total. The highest BCUT2D eigenvalue weighted by Crippen LogP contribution is 2.34. The number of hydrogen-bond acceptors (Lipinski definition) is 10. The molecule has 0 aliphatic carbocycles. The number of halogens is 3. The fourth-order valence-electron chi connectivity index (χ4n) is 7.48. The topological polar surface area (TPSA) is 126 Å². The lowest BCUT2D eigenvalue weighted by molar-refractivity contribution is 0.0142. The molecule has 0 atom stereocenters. The van der Waals surface area contributed by atoms with Gasteiger partial charge in [0.2, 0.25) is 0 Å². The second-order valence-electron chi connectivity index (χ2n) is 16.4. The summed E-state index contributed by atoms with van der Waals surface area (Å²) >= 11 is 16.7. The van der Waals surface area contributed by atoms with Crippen LogP contribution in [0.15, 0.2) is 24.8 Å². The van der Waals surface area contributed by atoms with E-state index in [0.29, 0.717) is 21.4 Å². The maximum atomic E-state index is 12.2. The van der Waals surface area contributed by atoms with Gasteiger partial charge in [-0.15, -0.1) is 0 Å². The van der Waals surface area contributed by atoms with Crippen molar-refractivity contribution in [3.8, 4) is 0 Å². The number of anilines is 1. The SMILES string of the molecule is C.CC(C)(C)OC(=O)N1CCC(C2CCN(c3cncc(Cl)n3)CC2)CC1.CC(C)(C)OC(=O)N1CCC(C2CCNCC2)CC1.Clc1cncc(Cl)n1. The van der Waals surface area contributed by atoms with Gasteiger partial charge in [-0.3, -0.25) is 9.97 Å². The predicted molar refractivity (Wildman–Crippen MR) is 217 cm³/mol. The van der Waals surface area contributed by atoms with Crippen molar-refractivity contribution in [1.82, 2.24) is 35.1 Å². The number of nitrogens with one attached hydrogen (secondary N) is 1. The van der Waals surface area contributed by atoms with E-state index in [1.165, 1.54) is 25.2 Å². The zero-order valence-corrected chi connectivity index (χ0v) is 34.6. The van der Waals surface area contributed by atoms with Crippen molar-refractivity contribution in [3.63, 3.8) is 0 Å². The summed E-state index contributed by atoms with van der Waals surface area (Å²) in [5.74, 6) is 3.96. The first-order valence-electron chi connectivity index (χ1n) is 19.1. The van der Waals surface area contributed by atoms with Crippen LogP contribution in [0, 0.1) is 23.7 Å². The van der Waals surface area contributed by atoms with Crippen molar-refractivity contribution in [1.29, 1.82) is 0 Å². The molecular formula is C39H63Cl3N8O4. The molecule has 12 nitrogen and oxygen atoms in total. The molecule has 4 aliphatic heterocycles. The molecule has 0 radical (unpaired) electrons. The van der Waals surface area contributed by atoms with E-state index in [1.807, 2.05) is 51.3 Å². The van der Waals surface area contributed by atoms with Gasteiger partial charge < -0.3 is 29.5 Å². The Morgan fingerprint density at radius 2 is 0.944 bits per heavy atom. The van der Waals surface area contributed by atoms with Crippen molar-refractivity contribution < 1.29 is 19.1 Å². The van der Waals surface area contributed by atoms with Gasteiger partial charge in [0.05, 0.1) is 24.8 Å². The number of rotatable bonds is 3. The summed E-state index contributed by atoms with van der Waals surface area (Å²) in [5, 5.41) is 4.50. The van der Waals surface area contributed by atoms with Gasteiger partial charge in [0.15, 0.2) is 0 Å². The van der Waals surface area contributed by atoms with Gasteiger partial charge in [0.25, 0.3) is 0 Å². The summed E-state index contributed by atoms with van der Waals surface area (Å²) < 4.78 is 10.9. The summed E-state index contributed by atoms with van der Waals surface area (Å²) in [6, 6.07) is 0. The molecule has 0 spiro atoms. The third-order valence-corrected chi connectivity index (χ3v) is 10.7. The summed E-state index contributed by atoms with van der Waals surface area (Å²) in [6.45, 7) is 19.2. The molecule has 6 heterocycles. The smallest absolute Gasteiger partial charge is 0.410 e. The third-order valence-electron chi connectivity index (χ3n) is 10.1. The van der Waals surface area contributed by atoms with E-state index in [-0.39, 0.29) is 25.2 Å². The number of piperidine rings is 4. The first kappa shape index (κ1) is 45.7. The van der Waals surface area contributed by atoms with Crippen molar-refractivity contribution >= 4 is 52.8 Å². The minimum Gasteiger partial charge on any atom is -0.444 e. The number of likely N-dealkylation sites (tertiary alicyclic amines) is 2. The Kier molecular flexibility index (Phi) is 18.3. The molecular weight excluding hydrogens is 751 g/mol. The number of carbonyl (C=O) groups is 2. The predicted octanol–water partition coefficient (Wildman–Crippen LogP) is 9.05. The molecule has 2 amide bonds. The zero-order chi connectivity index (χ0) is 38.6. The maximum absolute atomic E-state index is 12.2. The van der Waals surface area contributed by atoms with Crippen molar-refractivity contribution in [3.05, 3.63) is 40.2 Å².